The number of hydrogen-bond donors (Lipinski definition) is 1. The predicted octanol–water partition coefficient (Wildman–Crippen LogP) is -0.0226. The molecular weight excluding hydrogens is 308 g/mol. The molecule has 1 aliphatic heterocycles. The first kappa shape index (κ1) is 17.9. The van der Waals surface area contributed by atoms with E-state index < -0.39 is 17.7 Å². The summed E-state index contributed by atoms with van der Waals surface area (Å²) in [5.74, 6) is -1.89. The summed E-state index contributed by atoms with van der Waals surface area (Å²) in [6.07, 6.45) is 0. The molecule has 24 heavy (non-hydrogen) atoms. The molecule has 2 rings (SSSR count). The van der Waals surface area contributed by atoms with Crippen LogP contribution in [0.25, 0.3) is 0 Å². The number of nitrogens with two attached hydrogens (primary N) is 1. The average molecular weight is 332 g/mol. The molecule has 1 aromatic rings. The normalized spacial score (nSPS) is 14.5. The molecule has 0 atom stereocenters. The Labute approximate surface area is 142 Å². The molecule has 1 fully saturated rings. The molecule has 2 N–H and O–H groups in total. The quantitative estimate of drug-likeness (QED) is 0.786. The van der Waals surface area contributed by atoms with Gasteiger partial charge in [0.15, 0.2) is 0 Å². The molecule has 1 aromatic carbocycles. The van der Waals surface area contributed by atoms with Gasteiger partial charge in [-0.3, -0.25) is 19.3 Å². The van der Waals surface area contributed by atoms with E-state index in [4.69, 9.17) is 5.73 Å². The predicted molar refractivity (Wildman–Crippen MR) is 91.4 cm³/mol. The van der Waals surface area contributed by atoms with Gasteiger partial charge in [-0.15, -0.1) is 0 Å². The molecule has 130 valence electrons. The highest BCUT2D eigenvalue weighted by Crippen LogP contribution is 2.18. The summed E-state index contributed by atoms with van der Waals surface area (Å²) < 4.78 is 0. The number of imide groups is 1. The number of aryl methyl sites for hydroxylation is 1. The maximum Gasteiger partial charge on any atom is 0.318 e. The molecule has 0 saturated carbocycles. The van der Waals surface area contributed by atoms with Gasteiger partial charge >= 0.3 is 11.8 Å². The topological polar surface area (TPSA) is 86.9 Å². The molecule has 1 heterocycles. The molecule has 0 unspecified atom stereocenters. The summed E-state index contributed by atoms with van der Waals surface area (Å²) in [5.41, 5.74) is 7.69. The second-order valence-corrected chi connectivity index (χ2v) is 5.88. The number of nitrogens with zero attached hydrogens (tertiary/aromatic N) is 3. The minimum atomic E-state index is -0.794. The molecule has 7 heteroatoms. The smallest absolute Gasteiger partial charge is 0.318 e. The summed E-state index contributed by atoms with van der Waals surface area (Å²) in [7, 11) is 0. The third-order valence-corrected chi connectivity index (χ3v) is 4.09. The van der Waals surface area contributed by atoms with Gasteiger partial charge < -0.3 is 15.5 Å². The molecule has 3 amide bonds. The van der Waals surface area contributed by atoms with Crippen molar-refractivity contribution in [2.24, 2.45) is 5.73 Å². The Morgan fingerprint density at radius 3 is 2.38 bits per heavy atom. The van der Waals surface area contributed by atoms with Gasteiger partial charge in [-0.05, 0) is 24.6 Å². The Balaban J connectivity index is 1.97. The van der Waals surface area contributed by atoms with Gasteiger partial charge in [-0.2, -0.15) is 0 Å². The molecule has 0 aromatic heterocycles. The molecule has 0 spiro atoms. The van der Waals surface area contributed by atoms with Crippen molar-refractivity contribution >= 4 is 23.4 Å². The van der Waals surface area contributed by atoms with Crippen LogP contribution >= 0.6 is 0 Å². The summed E-state index contributed by atoms with van der Waals surface area (Å²) in [5, 5.41) is 0. The first-order chi connectivity index (χ1) is 11.4. The van der Waals surface area contributed by atoms with E-state index in [-0.39, 0.29) is 13.1 Å². The van der Waals surface area contributed by atoms with E-state index >= 15 is 0 Å². The molecule has 0 bridgehead atoms. The lowest BCUT2D eigenvalue weighted by Gasteiger charge is -2.36. The number of rotatable bonds is 3. The maximum atomic E-state index is 12.3. The fourth-order valence-electron chi connectivity index (χ4n) is 2.77. The third-order valence-electron chi connectivity index (χ3n) is 4.09. The van der Waals surface area contributed by atoms with Crippen LogP contribution < -0.4 is 10.6 Å². The standard InChI is InChI=1S/C17H24N4O3/c1-13-4-3-5-15(12-13)19-8-10-20(11-9-19)16(23)17(24)21(7-6-18)14(2)22/h3-5,12H,6-11,18H2,1-2H3. The Morgan fingerprint density at radius 2 is 1.83 bits per heavy atom. The molecule has 1 saturated heterocycles. The van der Waals surface area contributed by atoms with Crippen LogP contribution in [-0.4, -0.2) is 66.8 Å². The fourth-order valence-corrected chi connectivity index (χ4v) is 2.77. The lowest BCUT2D eigenvalue weighted by atomic mass is 10.2. The van der Waals surface area contributed by atoms with Gasteiger partial charge in [0, 0.05) is 51.9 Å². The summed E-state index contributed by atoms with van der Waals surface area (Å²) in [6, 6.07) is 8.18. The van der Waals surface area contributed by atoms with Crippen LogP contribution in [0.3, 0.4) is 0 Å². The van der Waals surface area contributed by atoms with Crippen LogP contribution in [0.2, 0.25) is 0 Å². The number of piperazine rings is 1. The summed E-state index contributed by atoms with van der Waals surface area (Å²) in [4.78, 5) is 40.7. The Bertz CT molecular complexity index is 624. The second-order valence-electron chi connectivity index (χ2n) is 5.88. The van der Waals surface area contributed by atoms with Crippen LogP contribution in [0.5, 0.6) is 0 Å². The van der Waals surface area contributed by atoms with E-state index in [1.54, 1.807) is 0 Å². The summed E-state index contributed by atoms with van der Waals surface area (Å²) >= 11 is 0. The van der Waals surface area contributed by atoms with E-state index in [0.29, 0.717) is 26.2 Å². The highest BCUT2D eigenvalue weighted by Gasteiger charge is 2.31. The van der Waals surface area contributed by atoms with Crippen molar-refractivity contribution in [2.45, 2.75) is 13.8 Å². The van der Waals surface area contributed by atoms with Gasteiger partial charge in [0.1, 0.15) is 0 Å². The Hall–Kier alpha value is -2.41. The number of hydrogen-bond acceptors (Lipinski definition) is 5. The zero-order valence-electron chi connectivity index (χ0n) is 14.2. The maximum absolute atomic E-state index is 12.3. The zero-order valence-corrected chi connectivity index (χ0v) is 14.2. The van der Waals surface area contributed by atoms with Gasteiger partial charge in [0.2, 0.25) is 5.91 Å². The van der Waals surface area contributed by atoms with Crippen LogP contribution in [0.4, 0.5) is 5.69 Å². The number of carbonyl (C=O) groups excluding carboxylic acids is 3. The minimum absolute atomic E-state index is 0.0587. The van der Waals surface area contributed by atoms with Crippen LogP contribution in [-0.2, 0) is 14.4 Å². The monoisotopic (exact) mass is 332 g/mol. The van der Waals surface area contributed by atoms with Crippen molar-refractivity contribution in [3.8, 4) is 0 Å². The largest absolute Gasteiger partial charge is 0.368 e. The first-order valence-corrected chi connectivity index (χ1v) is 8.07. The number of amides is 3. The molecular formula is C17H24N4O3. The lowest BCUT2D eigenvalue weighted by Crippen LogP contribution is -2.54. The molecule has 0 radical (unpaired) electrons. The van der Waals surface area contributed by atoms with Gasteiger partial charge in [-0.25, -0.2) is 0 Å². The average Bonchev–Trinajstić information content (AvgIpc) is 2.58. The van der Waals surface area contributed by atoms with E-state index in [1.807, 2.05) is 25.1 Å². The second kappa shape index (κ2) is 7.92. The van der Waals surface area contributed by atoms with Gasteiger partial charge in [0.05, 0.1) is 0 Å². The minimum Gasteiger partial charge on any atom is -0.368 e. The number of carbonyl (C=O) groups is 3. The lowest BCUT2D eigenvalue weighted by molar-refractivity contribution is -0.156. The number of anilines is 1. The zero-order chi connectivity index (χ0) is 17.7. The number of benzene rings is 1. The van der Waals surface area contributed by atoms with E-state index in [1.165, 1.54) is 17.4 Å². The molecule has 0 aliphatic carbocycles. The SMILES string of the molecule is CC(=O)N(CCN)C(=O)C(=O)N1CCN(c2cccc(C)c2)CC1. The highest BCUT2D eigenvalue weighted by molar-refractivity contribution is 6.37. The fraction of sp³-hybridized carbons (Fsp3) is 0.471. The van der Waals surface area contributed by atoms with Gasteiger partial charge in [0.25, 0.3) is 0 Å². The Morgan fingerprint density at radius 1 is 1.17 bits per heavy atom. The van der Waals surface area contributed by atoms with Gasteiger partial charge in [-0.1, -0.05) is 12.1 Å². The Kier molecular flexibility index (Phi) is 5.92. The third kappa shape index (κ3) is 4.11. The van der Waals surface area contributed by atoms with Crippen LogP contribution in [0.1, 0.15) is 12.5 Å². The van der Waals surface area contributed by atoms with Crippen molar-refractivity contribution in [2.75, 3.05) is 44.2 Å². The van der Waals surface area contributed by atoms with E-state index in [9.17, 15) is 14.4 Å². The van der Waals surface area contributed by atoms with Crippen molar-refractivity contribution in [1.82, 2.24) is 9.80 Å². The first-order valence-electron chi connectivity index (χ1n) is 8.07. The van der Waals surface area contributed by atoms with Crippen molar-refractivity contribution in [3.05, 3.63) is 29.8 Å². The molecule has 1 aliphatic rings. The highest BCUT2D eigenvalue weighted by atomic mass is 16.2. The van der Waals surface area contributed by atoms with Crippen molar-refractivity contribution in [3.63, 3.8) is 0 Å². The molecule has 7 nitrogen and oxygen atoms in total. The van der Waals surface area contributed by atoms with Crippen LogP contribution in [0, 0.1) is 6.92 Å². The summed E-state index contributed by atoms with van der Waals surface area (Å²) in [6.45, 7) is 5.70. The van der Waals surface area contributed by atoms with Crippen molar-refractivity contribution < 1.29 is 14.4 Å². The van der Waals surface area contributed by atoms with E-state index in [0.717, 1.165) is 10.6 Å². The van der Waals surface area contributed by atoms with Crippen molar-refractivity contribution in [1.29, 1.82) is 0 Å². The van der Waals surface area contributed by atoms with E-state index in [2.05, 4.69) is 11.0 Å². The van der Waals surface area contributed by atoms with Crippen LogP contribution in [0.15, 0.2) is 24.3 Å².